The fraction of sp³-hybridized carbons (Fsp3) is 0.562. The predicted octanol–water partition coefficient (Wildman–Crippen LogP) is 2.28. The molecule has 0 bridgehead atoms. The Morgan fingerprint density at radius 3 is 2.80 bits per heavy atom. The molecule has 4 heteroatoms. The van der Waals surface area contributed by atoms with Crippen LogP contribution in [0.4, 0.5) is 0 Å². The zero-order valence-corrected chi connectivity index (χ0v) is 11.9. The molecule has 0 amide bonds. The van der Waals surface area contributed by atoms with Gasteiger partial charge in [-0.3, -0.25) is 4.79 Å². The van der Waals surface area contributed by atoms with Gasteiger partial charge in [-0.2, -0.15) is 0 Å². The van der Waals surface area contributed by atoms with Gasteiger partial charge in [0.2, 0.25) is 0 Å². The highest BCUT2D eigenvalue weighted by molar-refractivity contribution is 5.98. The first-order chi connectivity index (χ1) is 9.74. The number of benzene rings is 1. The predicted molar refractivity (Wildman–Crippen MR) is 76.5 cm³/mol. The van der Waals surface area contributed by atoms with E-state index in [1.807, 2.05) is 18.2 Å². The summed E-state index contributed by atoms with van der Waals surface area (Å²) in [6.07, 6.45) is 2.04. The number of carbonyl (C=O) groups excluding carboxylic acids is 1. The molecule has 108 valence electrons. The maximum absolute atomic E-state index is 12.5. The summed E-state index contributed by atoms with van der Waals surface area (Å²) >= 11 is 0. The first kappa shape index (κ1) is 13.4. The second-order valence-corrected chi connectivity index (χ2v) is 5.80. The molecule has 2 unspecified atom stereocenters. The molecular formula is C16H21NO3. The normalized spacial score (nSPS) is 25.9. The quantitative estimate of drug-likeness (QED) is 0.841. The van der Waals surface area contributed by atoms with Crippen LogP contribution in [0.3, 0.4) is 0 Å². The first-order valence-corrected chi connectivity index (χ1v) is 7.38. The van der Waals surface area contributed by atoms with Gasteiger partial charge in [-0.1, -0.05) is 6.92 Å². The minimum absolute atomic E-state index is 0.0902. The zero-order chi connectivity index (χ0) is 13.9. The van der Waals surface area contributed by atoms with E-state index in [0.29, 0.717) is 24.9 Å². The number of nitrogens with one attached hydrogen (secondary N) is 1. The van der Waals surface area contributed by atoms with Crippen molar-refractivity contribution < 1.29 is 14.3 Å². The van der Waals surface area contributed by atoms with Gasteiger partial charge < -0.3 is 14.8 Å². The lowest BCUT2D eigenvalue weighted by atomic mass is 9.91. The van der Waals surface area contributed by atoms with E-state index in [2.05, 4.69) is 12.2 Å². The van der Waals surface area contributed by atoms with E-state index in [9.17, 15) is 4.79 Å². The Morgan fingerprint density at radius 2 is 2.05 bits per heavy atom. The summed E-state index contributed by atoms with van der Waals surface area (Å²) in [6.45, 7) is 5.18. The molecule has 1 fully saturated rings. The summed E-state index contributed by atoms with van der Waals surface area (Å²) < 4.78 is 11.4. The average Bonchev–Trinajstić information content (AvgIpc) is 2.69. The van der Waals surface area contributed by atoms with Crippen LogP contribution in [0.25, 0.3) is 0 Å². The summed E-state index contributed by atoms with van der Waals surface area (Å²) in [5.74, 6) is 2.11. The molecule has 2 aliphatic heterocycles. The molecule has 2 atom stereocenters. The van der Waals surface area contributed by atoms with Crippen LogP contribution in [0.2, 0.25) is 0 Å². The van der Waals surface area contributed by atoms with Crippen molar-refractivity contribution >= 4 is 5.78 Å². The topological polar surface area (TPSA) is 47.6 Å². The molecule has 0 aromatic heterocycles. The van der Waals surface area contributed by atoms with Crippen molar-refractivity contribution in [2.24, 2.45) is 11.8 Å². The second-order valence-electron chi connectivity index (χ2n) is 5.80. The Balaban J connectivity index is 1.79. The van der Waals surface area contributed by atoms with Gasteiger partial charge in [0.25, 0.3) is 0 Å². The Hall–Kier alpha value is -1.55. The minimum atomic E-state index is 0.0902. The lowest BCUT2D eigenvalue weighted by Crippen LogP contribution is -2.34. The van der Waals surface area contributed by atoms with E-state index in [-0.39, 0.29) is 11.7 Å². The Labute approximate surface area is 119 Å². The van der Waals surface area contributed by atoms with Gasteiger partial charge in [-0.15, -0.1) is 0 Å². The van der Waals surface area contributed by atoms with Crippen LogP contribution in [0.15, 0.2) is 18.2 Å². The van der Waals surface area contributed by atoms with Crippen molar-refractivity contribution in [1.82, 2.24) is 5.32 Å². The highest BCUT2D eigenvalue weighted by Gasteiger charge is 2.24. The summed E-state index contributed by atoms with van der Waals surface area (Å²) in [6, 6.07) is 5.55. The lowest BCUT2D eigenvalue weighted by molar-refractivity contribution is 0.0899. The molecule has 0 radical (unpaired) electrons. The van der Waals surface area contributed by atoms with Crippen molar-refractivity contribution in [3.8, 4) is 11.5 Å². The first-order valence-electron chi connectivity index (χ1n) is 7.38. The van der Waals surface area contributed by atoms with E-state index < -0.39 is 0 Å². The molecule has 1 saturated heterocycles. The van der Waals surface area contributed by atoms with Gasteiger partial charge in [0.15, 0.2) is 17.3 Å². The second kappa shape index (κ2) is 5.83. The number of rotatable bonds is 2. The highest BCUT2D eigenvalue weighted by atomic mass is 16.5. The number of hydrogen-bond acceptors (Lipinski definition) is 4. The molecule has 2 aliphatic rings. The van der Waals surface area contributed by atoms with Crippen LogP contribution < -0.4 is 14.8 Å². The number of ketones is 1. The third-order valence-electron chi connectivity index (χ3n) is 3.94. The lowest BCUT2D eigenvalue weighted by Gasteiger charge is -2.21. The molecule has 20 heavy (non-hydrogen) atoms. The molecular weight excluding hydrogens is 254 g/mol. The third kappa shape index (κ3) is 2.80. The van der Waals surface area contributed by atoms with E-state index in [1.165, 1.54) is 0 Å². The summed E-state index contributed by atoms with van der Waals surface area (Å²) in [5, 5.41) is 3.29. The molecule has 0 saturated carbocycles. The number of carbonyl (C=O) groups is 1. The van der Waals surface area contributed by atoms with Crippen LogP contribution in [0, 0.1) is 11.8 Å². The number of ether oxygens (including phenoxy) is 2. The van der Waals surface area contributed by atoms with Crippen molar-refractivity contribution in [2.45, 2.75) is 19.8 Å². The standard InChI is InChI=1S/C16H21NO3/c1-11-9-19-14-5-4-12(7-15(14)20-10-11)16(18)13-3-2-6-17-8-13/h4-5,7,11,13,17H,2-3,6,8-10H2,1H3. The van der Waals surface area contributed by atoms with Crippen molar-refractivity contribution in [3.05, 3.63) is 23.8 Å². The van der Waals surface area contributed by atoms with Crippen molar-refractivity contribution in [2.75, 3.05) is 26.3 Å². The fourth-order valence-electron chi connectivity index (χ4n) is 2.72. The molecule has 0 aliphatic carbocycles. The maximum atomic E-state index is 12.5. The van der Waals surface area contributed by atoms with Gasteiger partial charge in [0, 0.05) is 23.9 Å². The summed E-state index contributed by atoms with van der Waals surface area (Å²) in [7, 11) is 0. The smallest absolute Gasteiger partial charge is 0.167 e. The molecule has 0 spiro atoms. The molecule has 1 N–H and O–H groups in total. The fourth-order valence-corrected chi connectivity index (χ4v) is 2.72. The number of piperidine rings is 1. The number of hydrogen-bond donors (Lipinski definition) is 1. The van der Waals surface area contributed by atoms with E-state index in [4.69, 9.17) is 9.47 Å². The molecule has 4 nitrogen and oxygen atoms in total. The Kier molecular flexibility index (Phi) is 3.92. The van der Waals surface area contributed by atoms with Crippen molar-refractivity contribution in [1.29, 1.82) is 0 Å². The molecule has 3 rings (SSSR count). The molecule has 1 aromatic rings. The van der Waals surface area contributed by atoms with Gasteiger partial charge >= 0.3 is 0 Å². The monoisotopic (exact) mass is 275 g/mol. The summed E-state index contributed by atoms with van der Waals surface area (Å²) in [4.78, 5) is 12.5. The van der Waals surface area contributed by atoms with Crippen LogP contribution in [0.1, 0.15) is 30.1 Å². The largest absolute Gasteiger partial charge is 0.489 e. The van der Waals surface area contributed by atoms with Gasteiger partial charge in [-0.25, -0.2) is 0 Å². The molecule has 2 heterocycles. The Bertz CT molecular complexity index is 494. The van der Waals surface area contributed by atoms with Crippen LogP contribution >= 0.6 is 0 Å². The minimum Gasteiger partial charge on any atom is -0.489 e. The highest BCUT2D eigenvalue weighted by Crippen LogP contribution is 2.32. The number of Topliss-reactive ketones (excluding diaryl/α,β-unsaturated/α-hetero) is 1. The summed E-state index contributed by atoms with van der Waals surface area (Å²) in [5.41, 5.74) is 0.732. The van der Waals surface area contributed by atoms with E-state index in [0.717, 1.165) is 37.2 Å². The molecule has 1 aromatic carbocycles. The van der Waals surface area contributed by atoms with E-state index in [1.54, 1.807) is 0 Å². The van der Waals surface area contributed by atoms with E-state index >= 15 is 0 Å². The Morgan fingerprint density at radius 1 is 1.25 bits per heavy atom. The van der Waals surface area contributed by atoms with Gasteiger partial charge in [-0.05, 0) is 37.6 Å². The SMILES string of the molecule is CC1COc2ccc(C(=O)C3CCCNC3)cc2OC1. The zero-order valence-electron chi connectivity index (χ0n) is 11.9. The average molecular weight is 275 g/mol. The third-order valence-corrected chi connectivity index (χ3v) is 3.94. The maximum Gasteiger partial charge on any atom is 0.167 e. The van der Waals surface area contributed by atoms with Crippen LogP contribution in [0.5, 0.6) is 11.5 Å². The van der Waals surface area contributed by atoms with Crippen molar-refractivity contribution in [3.63, 3.8) is 0 Å². The number of fused-ring (bicyclic) bond motifs is 1. The van der Waals surface area contributed by atoms with Gasteiger partial charge in [0.05, 0.1) is 13.2 Å². The van der Waals surface area contributed by atoms with Crippen LogP contribution in [-0.4, -0.2) is 32.1 Å². The van der Waals surface area contributed by atoms with Gasteiger partial charge in [0.1, 0.15) is 0 Å². The van der Waals surface area contributed by atoms with Crippen LogP contribution in [-0.2, 0) is 0 Å².